The lowest BCUT2D eigenvalue weighted by Gasteiger charge is -2.18. The Balaban J connectivity index is 1.75. The normalized spacial score (nSPS) is 20.6. The van der Waals surface area contributed by atoms with E-state index in [4.69, 9.17) is 4.42 Å². The van der Waals surface area contributed by atoms with Crippen molar-refractivity contribution in [2.45, 2.75) is 50.9 Å². The van der Waals surface area contributed by atoms with Crippen LogP contribution >= 0.6 is 0 Å². The maximum atomic E-state index is 12.0. The quantitative estimate of drug-likeness (QED) is 0.837. The van der Waals surface area contributed by atoms with Crippen LogP contribution < -0.4 is 4.90 Å². The van der Waals surface area contributed by atoms with Crippen molar-refractivity contribution in [2.75, 3.05) is 11.4 Å². The van der Waals surface area contributed by atoms with Gasteiger partial charge in [0.2, 0.25) is 5.91 Å². The standard InChI is InChI=1S/C17H20N2O2/c20-15-10-5-11-19(15)14-9-4-8-13-16(14)21-17(18-13)12-6-2-1-3-7-12/h4,8-9,12H,1-3,5-7,10-11H2. The molecule has 0 spiro atoms. The number of benzene rings is 1. The number of anilines is 1. The molecule has 0 atom stereocenters. The summed E-state index contributed by atoms with van der Waals surface area (Å²) in [7, 11) is 0. The summed E-state index contributed by atoms with van der Waals surface area (Å²) in [4.78, 5) is 18.5. The SMILES string of the molecule is O=C1CCCN1c1cccc2nc(C3CCCCC3)oc12. The van der Waals surface area contributed by atoms with Crippen LogP contribution in [0.5, 0.6) is 0 Å². The second-order valence-electron chi connectivity index (χ2n) is 6.16. The van der Waals surface area contributed by atoms with Crippen molar-refractivity contribution in [3.63, 3.8) is 0 Å². The minimum Gasteiger partial charge on any atom is -0.438 e. The lowest BCUT2D eigenvalue weighted by molar-refractivity contribution is -0.117. The van der Waals surface area contributed by atoms with Crippen molar-refractivity contribution in [1.29, 1.82) is 0 Å². The fourth-order valence-electron chi connectivity index (χ4n) is 3.59. The minimum atomic E-state index is 0.193. The third-order valence-corrected chi connectivity index (χ3v) is 4.73. The zero-order chi connectivity index (χ0) is 14.2. The molecular formula is C17H20N2O2. The van der Waals surface area contributed by atoms with Gasteiger partial charge in [-0.2, -0.15) is 0 Å². The molecule has 0 radical (unpaired) electrons. The number of hydrogen-bond acceptors (Lipinski definition) is 3. The molecule has 1 aromatic heterocycles. The van der Waals surface area contributed by atoms with E-state index in [9.17, 15) is 4.79 Å². The highest BCUT2D eigenvalue weighted by molar-refractivity contribution is 6.01. The molecule has 1 amide bonds. The first-order chi connectivity index (χ1) is 10.3. The second-order valence-corrected chi connectivity index (χ2v) is 6.16. The Morgan fingerprint density at radius 2 is 2.00 bits per heavy atom. The van der Waals surface area contributed by atoms with Crippen molar-refractivity contribution >= 4 is 22.7 Å². The first-order valence-electron chi connectivity index (χ1n) is 8.03. The summed E-state index contributed by atoms with van der Waals surface area (Å²) in [5.41, 5.74) is 2.56. The van der Waals surface area contributed by atoms with Gasteiger partial charge < -0.3 is 9.32 Å². The predicted octanol–water partition coefficient (Wildman–Crippen LogP) is 4.00. The van der Waals surface area contributed by atoms with Crippen molar-refractivity contribution in [1.82, 2.24) is 4.98 Å². The monoisotopic (exact) mass is 284 g/mol. The van der Waals surface area contributed by atoms with E-state index >= 15 is 0 Å². The molecule has 2 heterocycles. The topological polar surface area (TPSA) is 46.3 Å². The Hall–Kier alpha value is -1.84. The van der Waals surface area contributed by atoms with Crippen molar-refractivity contribution in [3.05, 3.63) is 24.1 Å². The van der Waals surface area contributed by atoms with Gasteiger partial charge in [-0.15, -0.1) is 0 Å². The number of fused-ring (bicyclic) bond motifs is 1. The lowest BCUT2D eigenvalue weighted by Crippen LogP contribution is -2.23. The Morgan fingerprint density at radius 3 is 2.76 bits per heavy atom. The van der Waals surface area contributed by atoms with Gasteiger partial charge in [-0.25, -0.2) is 4.98 Å². The number of rotatable bonds is 2. The van der Waals surface area contributed by atoms with Crippen molar-refractivity contribution in [3.8, 4) is 0 Å². The zero-order valence-electron chi connectivity index (χ0n) is 12.2. The second kappa shape index (κ2) is 5.17. The van der Waals surface area contributed by atoms with E-state index in [1.165, 1.54) is 32.1 Å². The van der Waals surface area contributed by atoms with Crippen LogP contribution in [-0.4, -0.2) is 17.4 Å². The predicted molar refractivity (Wildman–Crippen MR) is 81.4 cm³/mol. The third-order valence-electron chi connectivity index (χ3n) is 4.73. The van der Waals surface area contributed by atoms with Gasteiger partial charge in [-0.1, -0.05) is 25.3 Å². The molecule has 21 heavy (non-hydrogen) atoms. The van der Waals surface area contributed by atoms with Gasteiger partial charge >= 0.3 is 0 Å². The summed E-state index contributed by atoms with van der Waals surface area (Å²) in [5, 5.41) is 0. The third kappa shape index (κ3) is 2.23. The fraction of sp³-hybridized carbons (Fsp3) is 0.529. The van der Waals surface area contributed by atoms with Crippen LogP contribution in [0.25, 0.3) is 11.1 Å². The summed E-state index contributed by atoms with van der Waals surface area (Å²) in [6.45, 7) is 0.789. The van der Waals surface area contributed by atoms with Crippen molar-refractivity contribution in [2.24, 2.45) is 0 Å². The number of amides is 1. The first kappa shape index (κ1) is 12.9. The van der Waals surface area contributed by atoms with Crippen LogP contribution in [0.3, 0.4) is 0 Å². The molecule has 1 saturated carbocycles. The van der Waals surface area contributed by atoms with Gasteiger partial charge in [0.25, 0.3) is 0 Å². The van der Waals surface area contributed by atoms with E-state index in [1.807, 2.05) is 23.1 Å². The van der Waals surface area contributed by atoms with Crippen LogP contribution in [0, 0.1) is 0 Å². The lowest BCUT2D eigenvalue weighted by atomic mass is 9.89. The molecule has 1 saturated heterocycles. The first-order valence-corrected chi connectivity index (χ1v) is 8.03. The smallest absolute Gasteiger partial charge is 0.227 e. The van der Waals surface area contributed by atoms with Crippen molar-refractivity contribution < 1.29 is 9.21 Å². The average Bonchev–Trinajstić information content (AvgIpc) is 3.14. The molecule has 0 bridgehead atoms. The van der Waals surface area contributed by atoms with E-state index in [1.54, 1.807) is 0 Å². The van der Waals surface area contributed by atoms with Gasteiger partial charge in [-0.05, 0) is 31.4 Å². The van der Waals surface area contributed by atoms with E-state index in [0.29, 0.717) is 12.3 Å². The highest BCUT2D eigenvalue weighted by atomic mass is 16.3. The number of carbonyl (C=O) groups is 1. The van der Waals surface area contributed by atoms with E-state index in [2.05, 4.69) is 4.98 Å². The Bertz CT molecular complexity index is 670. The largest absolute Gasteiger partial charge is 0.438 e. The summed E-state index contributed by atoms with van der Waals surface area (Å²) >= 11 is 0. The van der Waals surface area contributed by atoms with Gasteiger partial charge in [0.15, 0.2) is 11.5 Å². The van der Waals surface area contributed by atoms with Gasteiger partial charge in [0, 0.05) is 18.9 Å². The Morgan fingerprint density at radius 1 is 1.14 bits per heavy atom. The van der Waals surface area contributed by atoms with Crippen LogP contribution in [0.15, 0.2) is 22.6 Å². The average molecular weight is 284 g/mol. The van der Waals surface area contributed by atoms with E-state index in [0.717, 1.165) is 35.6 Å². The number of oxazole rings is 1. The number of nitrogens with zero attached hydrogens (tertiary/aromatic N) is 2. The molecule has 4 heteroatoms. The molecule has 1 aliphatic carbocycles. The molecule has 1 aliphatic heterocycles. The Labute approximate surface area is 124 Å². The molecular weight excluding hydrogens is 264 g/mol. The van der Waals surface area contributed by atoms with Crippen LogP contribution in [0.1, 0.15) is 56.8 Å². The molecule has 0 N–H and O–H groups in total. The molecule has 110 valence electrons. The summed E-state index contributed by atoms with van der Waals surface area (Å²) in [5.74, 6) is 1.51. The molecule has 2 fully saturated rings. The van der Waals surface area contributed by atoms with Gasteiger partial charge in [0.05, 0.1) is 5.69 Å². The van der Waals surface area contributed by atoms with Gasteiger partial charge in [-0.3, -0.25) is 4.79 Å². The summed E-state index contributed by atoms with van der Waals surface area (Å²) in [6.07, 6.45) is 7.76. The number of hydrogen-bond donors (Lipinski definition) is 0. The minimum absolute atomic E-state index is 0.193. The summed E-state index contributed by atoms with van der Waals surface area (Å²) < 4.78 is 6.09. The number of para-hydroxylation sites is 1. The van der Waals surface area contributed by atoms with E-state index < -0.39 is 0 Å². The highest BCUT2D eigenvalue weighted by Gasteiger charge is 2.26. The number of aromatic nitrogens is 1. The molecule has 2 aliphatic rings. The highest BCUT2D eigenvalue weighted by Crippen LogP contribution is 2.36. The molecule has 4 rings (SSSR count). The van der Waals surface area contributed by atoms with Crippen LogP contribution in [0.4, 0.5) is 5.69 Å². The zero-order valence-corrected chi connectivity index (χ0v) is 12.2. The summed E-state index contributed by atoms with van der Waals surface area (Å²) in [6, 6.07) is 5.92. The molecule has 4 nitrogen and oxygen atoms in total. The fourth-order valence-corrected chi connectivity index (χ4v) is 3.59. The van der Waals surface area contributed by atoms with Crippen LogP contribution in [0.2, 0.25) is 0 Å². The maximum Gasteiger partial charge on any atom is 0.227 e. The van der Waals surface area contributed by atoms with Gasteiger partial charge in [0.1, 0.15) is 5.52 Å². The maximum absolute atomic E-state index is 12.0. The molecule has 2 aromatic rings. The van der Waals surface area contributed by atoms with E-state index in [-0.39, 0.29) is 5.91 Å². The number of carbonyl (C=O) groups excluding carboxylic acids is 1. The Kier molecular flexibility index (Phi) is 3.17. The molecule has 1 aromatic carbocycles. The van der Waals surface area contributed by atoms with Crippen LogP contribution in [-0.2, 0) is 4.79 Å². The molecule has 0 unspecified atom stereocenters.